The summed E-state index contributed by atoms with van der Waals surface area (Å²) < 4.78 is 0. The maximum Gasteiger partial charge on any atom is 0.323 e. The minimum absolute atomic E-state index is 0.256. The zero-order valence-corrected chi connectivity index (χ0v) is 11.8. The number of carboxylic acids is 1. The van der Waals surface area contributed by atoms with E-state index in [4.69, 9.17) is 5.11 Å². The van der Waals surface area contributed by atoms with Gasteiger partial charge in [-0.3, -0.25) is 4.79 Å². The first kappa shape index (κ1) is 16.5. The van der Waals surface area contributed by atoms with Crippen LogP contribution in [0.4, 0.5) is 4.79 Å². The van der Waals surface area contributed by atoms with Crippen molar-refractivity contribution < 1.29 is 14.7 Å². The highest BCUT2D eigenvalue weighted by molar-refractivity contribution is 5.80. The van der Waals surface area contributed by atoms with Gasteiger partial charge in [0.05, 0.1) is 0 Å². The van der Waals surface area contributed by atoms with Crippen molar-refractivity contribution in [2.24, 2.45) is 0 Å². The first-order valence-corrected chi connectivity index (χ1v) is 6.05. The lowest BCUT2D eigenvalue weighted by Gasteiger charge is -2.37. The summed E-state index contributed by atoms with van der Waals surface area (Å²) >= 11 is 0. The van der Waals surface area contributed by atoms with Gasteiger partial charge >= 0.3 is 12.0 Å². The van der Waals surface area contributed by atoms with E-state index in [1.807, 2.05) is 20.8 Å². The molecule has 0 radical (unpaired) electrons. The van der Waals surface area contributed by atoms with E-state index < -0.39 is 11.5 Å². The zero-order valence-electron chi connectivity index (χ0n) is 11.8. The summed E-state index contributed by atoms with van der Waals surface area (Å²) in [5.41, 5.74) is -0.512. The molecule has 0 bridgehead atoms. The molecule has 0 aliphatic heterocycles. The number of rotatable bonds is 6. The van der Waals surface area contributed by atoms with Crippen molar-refractivity contribution >= 4 is 12.0 Å². The van der Waals surface area contributed by atoms with Gasteiger partial charge in [-0.15, -0.1) is 6.58 Å². The summed E-state index contributed by atoms with van der Waals surface area (Å²) in [6, 6.07) is -0.256. The molecule has 2 amide bonds. The minimum atomic E-state index is -1.00. The third kappa shape index (κ3) is 5.70. The van der Waals surface area contributed by atoms with E-state index in [-0.39, 0.29) is 12.6 Å². The molecule has 18 heavy (non-hydrogen) atoms. The van der Waals surface area contributed by atoms with Crippen LogP contribution in [0.25, 0.3) is 0 Å². The van der Waals surface area contributed by atoms with Crippen LogP contribution in [0.5, 0.6) is 0 Å². The van der Waals surface area contributed by atoms with Gasteiger partial charge in [0, 0.05) is 19.1 Å². The molecule has 0 unspecified atom stereocenters. The van der Waals surface area contributed by atoms with Crippen molar-refractivity contribution in [1.29, 1.82) is 0 Å². The molecule has 0 aromatic carbocycles. The van der Waals surface area contributed by atoms with Gasteiger partial charge in [-0.05, 0) is 33.6 Å². The van der Waals surface area contributed by atoms with Crippen molar-refractivity contribution in [3.63, 3.8) is 0 Å². The number of urea groups is 1. The fourth-order valence-corrected chi connectivity index (χ4v) is 1.50. The largest absolute Gasteiger partial charge is 0.480 e. The van der Waals surface area contributed by atoms with Crippen LogP contribution in [0.3, 0.4) is 0 Å². The summed E-state index contributed by atoms with van der Waals surface area (Å²) in [7, 11) is 1.69. The summed E-state index contributed by atoms with van der Waals surface area (Å²) in [5.74, 6) is -1.00. The molecule has 0 aliphatic rings. The standard InChI is InChI=1S/C13H24N2O3/c1-6-7-8-9-14(5)12(18)15(10-11(16)17)13(2,3)4/h6H,1,7-10H2,2-5H3,(H,16,17). The number of nitrogens with zero attached hydrogens (tertiary/aromatic N) is 2. The Hall–Kier alpha value is -1.52. The number of hydrogen-bond donors (Lipinski definition) is 1. The van der Waals surface area contributed by atoms with E-state index in [2.05, 4.69) is 6.58 Å². The first-order chi connectivity index (χ1) is 8.20. The third-order valence-corrected chi connectivity index (χ3v) is 2.56. The number of allylic oxidation sites excluding steroid dienone is 1. The van der Waals surface area contributed by atoms with Crippen LogP contribution in [0.15, 0.2) is 12.7 Å². The molecule has 0 heterocycles. The van der Waals surface area contributed by atoms with Crippen LogP contribution in [-0.2, 0) is 4.79 Å². The molecule has 0 spiro atoms. The van der Waals surface area contributed by atoms with Gasteiger partial charge in [0.25, 0.3) is 0 Å². The molecule has 1 N–H and O–H groups in total. The molecule has 0 saturated carbocycles. The van der Waals surface area contributed by atoms with E-state index in [0.29, 0.717) is 6.54 Å². The van der Waals surface area contributed by atoms with Crippen molar-refractivity contribution in [2.45, 2.75) is 39.2 Å². The molecule has 0 aromatic heterocycles. The molecule has 5 heteroatoms. The van der Waals surface area contributed by atoms with Crippen molar-refractivity contribution in [1.82, 2.24) is 9.80 Å². The predicted molar refractivity (Wildman–Crippen MR) is 71.6 cm³/mol. The lowest BCUT2D eigenvalue weighted by atomic mass is 10.1. The van der Waals surface area contributed by atoms with Crippen molar-refractivity contribution in [2.75, 3.05) is 20.1 Å². The minimum Gasteiger partial charge on any atom is -0.480 e. The SMILES string of the molecule is C=CCCCN(C)C(=O)N(CC(=O)O)C(C)(C)C. The lowest BCUT2D eigenvalue weighted by Crippen LogP contribution is -2.53. The van der Waals surface area contributed by atoms with Crippen LogP contribution in [0, 0.1) is 0 Å². The van der Waals surface area contributed by atoms with Gasteiger partial charge < -0.3 is 14.9 Å². The average Bonchev–Trinajstić information content (AvgIpc) is 2.23. The molecule has 0 aliphatic carbocycles. The van der Waals surface area contributed by atoms with E-state index in [9.17, 15) is 9.59 Å². The summed E-state index contributed by atoms with van der Waals surface area (Å²) in [4.78, 5) is 25.9. The molecule has 0 fully saturated rings. The van der Waals surface area contributed by atoms with Gasteiger partial charge in [0.1, 0.15) is 6.54 Å². The number of amides is 2. The van der Waals surface area contributed by atoms with Crippen LogP contribution in [0.2, 0.25) is 0 Å². The number of carbonyl (C=O) groups excluding carboxylic acids is 1. The molecule has 0 atom stereocenters. The number of hydrogen-bond acceptors (Lipinski definition) is 2. The summed E-state index contributed by atoms with van der Waals surface area (Å²) in [6.07, 6.45) is 3.47. The predicted octanol–water partition coefficient (Wildman–Crippen LogP) is 2.19. The van der Waals surface area contributed by atoms with Crippen LogP contribution >= 0.6 is 0 Å². The average molecular weight is 256 g/mol. The van der Waals surface area contributed by atoms with E-state index in [1.54, 1.807) is 18.0 Å². The van der Waals surface area contributed by atoms with Crippen LogP contribution in [0.1, 0.15) is 33.6 Å². The van der Waals surface area contributed by atoms with E-state index in [1.165, 1.54) is 4.90 Å². The van der Waals surface area contributed by atoms with Crippen LogP contribution < -0.4 is 0 Å². The highest BCUT2D eigenvalue weighted by Crippen LogP contribution is 2.15. The fraction of sp³-hybridized carbons (Fsp3) is 0.692. The molecule has 5 nitrogen and oxygen atoms in total. The monoisotopic (exact) mass is 256 g/mol. The van der Waals surface area contributed by atoms with Crippen LogP contribution in [-0.4, -0.2) is 52.6 Å². The first-order valence-electron chi connectivity index (χ1n) is 6.05. The highest BCUT2D eigenvalue weighted by atomic mass is 16.4. The smallest absolute Gasteiger partial charge is 0.323 e. The zero-order chi connectivity index (χ0) is 14.3. The maximum atomic E-state index is 12.2. The highest BCUT2D eigenvalue weighted by Gasteiger charge is 2.30. The Balaban J connectivity index is 4.64. The summed E-state index contributed by atoms with van der Waals surface area (Å²) in [5, 5.41) is 8.87. The molecule has 104 valence electrons. The second-order valence-electron chi connectivity index (χ2n) is 5.29. The Bertz CT molecular complexity index is 308. The number of carboxylic acid groups (broad SMARTS) is 1. The molecule has 0 aromatic rings. The summed E-state index contributed by atoms with van der Waals surface area (Å²) in [6.45, 7) is 9.41. The number of aliphatic carboxylic acids is 1. The second kappa shape index (κ2) is 7.03. The lowest BCUT2D eigenvalue weighted by molar-refractivity contribution is -0.138. The Morgan fingerprint density at radius 3 is 2.28 bits per heavy atom. The number of carbonyl (C=O) groups is 2. The Morgan fingerprint density at radius 2 is 1.89 bits per heavy atom. The van der Waals surface area contributed by atoms with Gasteiger partial charge in [-0.1, -0.05) is 6.08 Å². The van der Waals surface area contributed by atoms with Gasteiger partial charge in [0.2, 0.25) is 0 Å². The molecular formula is C13H24N2O3. The van der Waals surface area contributed by atoms with Gasteiger partial charge in [-0.25, -0.2) is 4.79 Å². The third-order valence-electron chi connectivity index (χ3n) is 2.56. The maximum absolute atomic E-state index is 12.2. The van der Waals surface area contributed by atoms with E-state index in [0.717, 1.165) is 12.8 Å². The van der Waals surface area contributed by atoms with Gasteiger partial charge in [-0.2, -0.15) is 0 Å². The van der Waals surface area contributed by atoms with Crippen molar-refractivity contribution in [3.05, 3.63) is 12.7 Å². The molecule has 0 rings (SSSR count). The number of unbranched alkanes of at least 4 members (excludes halogenated alkanes) is 1. The quantitative estimate of drug-likeness (QED) is 0.585. The van der Waals surface area contributed by atoms with Gasteiger partial charge in [0.15, 0.2) is 0 Å². The molecule has 0 saturated heterocycles. The van der Waals surface area contributed by atoms with E-state index >= 15 is 0 Å². The Labute approximate surface area is 109 Å². The van der Waals surface area contributed by atoms with Crippen molar-refractivity contribution in [3.8, 4) is 0 Å². The Kier molecular flexibility index (Phi) is 6.44. The topological polar surface area (TPSA) is 60.9 Å². The Morgan fingerprint density at radius 1 is 1.33 bits per heavy atom. The normalized spacial score (nSPS) is 10.9. The fourth-order valence-electron chi connectivity index (χ4n) is 1.50. The second-order valence-corrected chi connectivity index (χ2v) is 5.29. The molecular weight excluding hydrogens is 232 g/mol.